The van der Waals surface area contributed by atoms with E-state index in [-0.39, 0.29) is 30.1 Å². The number of aliphatic hydroxyl groups excluding tert-OH is 1. The molecule has 0 bridgehead atoms. The van der Waals surface area contributed by atoms with Gasteiger partial charge < -0.3 is 20.5 Å². The molecule has 43 heavy (non-hydrogen) atoms. The van der Waals surface area contributed by atoms with Crippen molar-refractivity contribution in [3.63, 3.8) is 0 Å². The van der Waals surface area contributed by atoms with Crippen molar-refractivity contribution in [1.82, 2.24) is 9.97 Å². The number of amides is 1. The minimum Gasteiger partial charge on any atom is -0.448 e. The molecule has 3 aromatic carbocycles. The summed E-state index contributed by atoms with van der Waals surface area (Å²) in [6, 6.07) is 21.0. The molecule has 2 atom stereocenters. The van der Waals surface area contributed by atoms with Gasteiger partial charge in [0.15, 0.2) is 0 Å². The fraction of sp³-hybridized carbons (Fsp3) is 0.207. The van der Waals surface area contributed by atoms with Crippen molar-refractivity contribution in [2.45, 2.75) is 29.7 Å². The molecule has 14 heteroatoms. The predicted octanol–water partition coefficient (Wildman–Crippen LogP) is 5.09. The van der Waals surface area contributed by atoms with E-state index in [1.54, 1.807) is 86.8 Å². The van der Waals surface area contributed by atoms with Crippen LogP contribution in [0.5, 0.6) is 0 Å². The van der Waals surface area contributed by atoms with Crippen LogP contribution in [0.25, 0.3) is 11.1 Å². The van der Waals surface area contributed by atoms with E-state index in [0.717, 1.165) is 0 Å². The lowest BCUT2D eigenvalue weighted by molar-refractivity contribution is 0.164. The van der Waals surface area contributed by atoms with Gasteiger partial charge >= 0.3 is 6.09 Å². The summed E-state index contributed by atoms with van der Waals surface area (Å²) >= 11 is 0. The van der Waals surface area contributed by atoms with Crippen molar-refractivity contribution >= 4 is 49.0 Å². The number of nitrogens with one attached hydrogen (secondary N) is 3. The van der Waals surface area contributed by atoms with Crippen LogP contribution < -0.4 is 15.4 Å². The third kappa shape index (κ3) is 8.28. The van der Waals surface area contributed by atoms with Gasteiger partial charge in [-0.15, -0.1) is 4.36 Å². The molecule has 0 fully saturated rings. The van der Waals surface area contributed by atoms with E-state index in [9.17, 15) is 22.5 Å². The van der Waals surface area contributed by atoms with Crippen LogP contribution in [-0.2, 0) is 24.5 Å². The molecule has 0 radical (unpaired) electrons. The van der Waals surface area contributed by atoms with Crippen LogP contribution in [0.15, 0.2) is 99.2 Å². The summed E-state index contributed by atoms with van der Waals surface area (Å²) in [5.41, 5.74) is 2.21. The van der Waals surface area contributed by atoms with Gasteiger partial charge in [-0.2, -0.15) is 4.98 Å². The molecular formula is C29H32N6O6S2. The third-order valence-electron chi connectivity index (χ3n) is 5.99. The Bertz CT molecular complexity index is 1810. The molecule has 12 nitrogen and oxygen atoms in total. The number of sulfonamides is 1. The van der Waals surface area contributed by atoms with Gasteiger partial charge in [0.05, 0.1) is 27.8 Å². The Balaban J connectivity index is 1.60. The van der Waals surface area contributed by atoms with E-state index in [0.29, 0.717) is 33.2 Å². The van der Waals surface area contributed by atoms with Gasteiger partial charge in [-0.1, -0.05) is 36.4 Å². The highest BCUT2D eigenvalue weighted by Crippen LogP contribution is 2.30. The Morgan fingerprint density at radius 3 is 2.35 bits per heavy atom. The van der Waals surface area contributed by atoms with Gasteiger partial charge in [-0.25, -0.2) is 22.4 Å². The van der Waals surface area contributed by atoms with Crippen LogP contribution in [0.4, 0.5) is 27.9 Å². The summed E-state index contributed by atoms with van der Waals surface area (Å²) in [4.78, 5) is 21.3. The smallest absolute Gasteiger partial charge is 0.442 e. The van der Waals surface area contributed by atoms with Crippen molar-refractivity contribution in [2.24, 2.45) is 4.36 Å². The van der Waals surface area contributed by atoms with Crippen molar-refractivity contribution < 1.29 is 27.3 Å². The van der Waals surface area contributed by atoms with Crippen LogP contribution in [0.1, 0.15) is 13.8 Å². The second-order valence-electron chi connectivity index (χ2n) is 9.43. The van der Waals surface area contributed by atoms with Gasteiger partial charge in [-0.05, 0) is 61.9 Å². The molecule has 226 valence electrons. The molecule has 1 unspecified atom stereocenters. The Labute approximate surface area is 250 Å². The third-order valence-corrected chi connectivity index (χ3v) is 9.01. The lowest BCUT2D eigenvalue weighted by Crippen LogP contribution is -2.21. The number of ether oxygens (including phenoxy) is 1. The fourth-order valence-corrected chi connectivity index (χ4v) is 6.06. The van der Waals surface area contributed by atoms with Gasteiger partial charge in [-0.3, -0.25) is 4.72 Å². The van der Waals surface area contributed by atoms with E-state index in [1.165, 1.54) is 18.4 Å². The van der Waals surface area contributed by atoms with Crippen LogP contribution in [0.2, 0.25) is 0 Å². The van der Waals surface area contributed by atoms with Gasteiger partial charge in [0, 0.05) is 40.3 Å². The number of carbonyl (C=O) groups is 1. The summed E-state index contributed by atoms with van der Waals surface area (Å²) in [5, 5.41) is 15.9. The number of nitrogens with zero attached hydrogens (tertiary/aromatic N) is 3. The van der Waals surface area contributed by atoms with Crippen molar-refractivity contribution in [2.75, 3.05) is 34.8 Å². The Morgan fingerprint density at radius 2 is 1.67 bits per heavy atom. The van der Waals surface area contributed by atoms with E-state index >= 15 is 0 Å². The minimum absolute atomic E-state index is 0.120. The number of anilines is 4. The zero-order valence-electron chi connectivity index (χ0n) is 23.7. The maximum Gasteiger partial charge on any atom is 0.442 e. The van der Waals surface area contributed by atoms with Crippen LogP contribution in [0, 0.1) is 0 Å². The van der Waals surface area contributed by atoms with Crippen molar-refractivity contribution in [3.8, 4) is 11.1 Å². The highest BCUT2D eigenvalue weighted by Gasteiger charge is 2.16. The van der Waals surface area contributed by atoms with Crippen LogP contribution in [0.3, 0.4) is 0 Å². The standard InChI is InChI=1S/C29H32N6O6S2/c1-4-41-29(37)35-42(3,38)25-12-8-9-23(17-25)32-28-30-18-26(27(33-28)31-20(2)19-36)21-13-15-22(16-14-21)34-43(39,40)24-10-6-5-7-11-24/h5-18,20,34,36H,4,19H2,1-3H3,(H2,30,31,32,33)/t20-,42?/m1/s1. The van der Waals surface area contributed by atoms with Gasteiger partial charge in [0.2, 0.25) is 5.95 Å². The van der Waals surface area contributed by atoms with Crippen molar-refractivity contribution in [1.29, 1.82) is 0 Å². The second kappa shape index (κ2) is 13.6. The molecule has 0 aliphatic carbocycles. The lowest BCUT2D eigenvalue weighted by Gasteiger charge is -2.17. The first-order valence-corrected chi connectivity index (χ1v) is 16.6. The molecule has 1 heterocycles. The Kier molecular flexibility index (Phi) is 9.95. The predicted molar refractivity (Wildman–Crippen MR) is 166 cm³/mol. The summed E-state index contributed by atoms with van der Waals surface area (Å²) < 4.78 is 49.5. The first-order chi connectivity index (χ1) is 20.5. The van der Waals surface area contributed by atoms with Crippen LogP contribution >= 0.6 is 0 Å². The summed E-state index contributed by atoms with van der Waals surface area (Å²) in [6.45, 7) is 3.39. The Hall–Kier alpha value is -4.53. The number of aliphatic hydroxyl groups is 1. The quantitative estimate of drug-likeness (QED) is 0.176. The molecule has 4 aromatic rings. The molecular weight excluding hydrogens is 592 g/mol. The molecule has 4 N–H and O–H groups in total. The van der Waals surface area contributed by atoms with Crippen LogP contribution in [-0.4, -0.2) is 59.3 Å². The summed E-state index contributed by atoms with van der Waals surface area (Å²) in [7, 11) is -6.81. The van der Waals surface area contributed by atoms with E-state index in [1.807, 2.05) is 0 Å². The maximum atomic E-state index is 13.1. The molecule has 1 aromatic heterocycles. The number of hydrogen-bond donors (Lipinski definition) is 4. The number of benzene rings is 3. The van der Waals surface area contributed by atoms with E-state index in [2.05, 4.69) is 29.7 Å². The van der Waals surface area contributed by atoms with Crippen molar-refractivity contribution in [3.05, 3.63) is 85.1 Å². The normalized spacial score (nSPS) is 13.3. The van der Waals surface area contributed by atoms with Gasteiger partial charge in [0.25, 0.3) is 10.0 Å². The molecule has 0 saturated heterocycles. The number of rotatable bonds is 11. The monoisotopic (exact) mass is 624 g/mol. The molecule has 4 rings (SSSR count). The number of aromatic nitrogens is 2. The average Bonchev–Trinajstić information content (AvgIpc) is 2.98. The Morgan fingerprint density at radius 1 is 0.977 bits per heavy atom. The van der Waals surface area contributed by atoms with Gasteiger partial charge in [0.1, 0.15) is 5.82 Å². The SMILES string of the molecule is CCOC(=O)N=S(C)(=O)c1cccc(Nc2ncc(-c3ccc(NS(=O)(=O)c4ccccc4)cc3)c(N[C@H](C)CO)n2)c1. The summed E-state index contributed by atoms with van der Waals surface area (Å²) in [5.74, 6) is 0.634. The minimum atomic E-state index is -3.74. The molecule has 1 amide bonds. The largest absolute Gasteiger partial charge is 0.448 e. The highest BCUT2D eigenvalue weighted by molar-refractivity contribution is 7.93. The number of carbonyl (C=O) groups excluding carboxylic acids is 1. The molecule has 0 saturated carbocycles. The zero-order valence-corrected chi connectivity index (χ0v) is 25.4. The van der Waals surface area contributed by atoms with E-state index < -0.39 is 25.8 Å². The lowest BCUT2D eigenvalue weighted by atomic mass is 10.1. The summed E-state index contributed by atoms with van der Waals surface area (Å²) in [6.07, 6.45) is 2.04. The zero-order chi connectivity index (χ0) is 31.0. The average molecular weight is 625 g/mol. The molecule has 0 aliphatic rings. The number of hydrogen-bond acceptors (Lipinski definition) is 10. The first kappa shape index (κ1) is 31.4. The maximum absolute atomic E-state index is 13.1. The highest BCUT2D eigenvalue weighted by atomic mass is 32.2. The first-order valence-electron chi connectivity index (χ1n) is 13.2. The topological polar surface area (TPSA) is 172 Å². The van der Waals surface area contributed by atoms with E-state index in [4.69, 9.17) is 4.74 Å². The molecule has 0 aliphatic heterocycles. The second-order valence-corrected chi connectivity index (χ2v) is 13.4. The fourth-order valence-electron chi connectivity index (χ4n) is 3.86. The molecule has 0 spiro atoms.